The molecule has 15 heteroatoms. The Morgan fingerprint density at radius 1 is 0.610 bits per heavy atom. The van der Waals surface area contributed by atoms with Crippen molar-refractivity contribution in [2.75, 3.05) is 13.7 Å². The molecule has 0 aliphatic heterocycles. The summed E-state index contributed by atoms with van der Waals surface area (Å²) in [5.41, 5.74) is 0. The van der Waals surface area contributed by atoms with E-state index in [0.29, 0.717) is 19.3 Å². The van der Waals surface area contributed by atoms with Crippen LogP contribution in [0.25, 0.3) is 0 Å². The molecule has 0 aromatic heterocycles. The van der Waals surface area contributed by atoms with Crippen LogP contribution in [0.3, 0.4) is 0 Å². The van der Waals surface area contributed by atoms with Crippen LogP contribution in [0, 0.1) is 0 Å². The van der Waals surface area contributed by atoms with Gasteiger partial charge in [0.2, 0.25) is 0 Å². The molecule has 0 radical (unpaired) electrons. The first-order valence-corrected chi connectivity index (χ1v) is 24.4. The lowest BCUT2D eigenvalue weighted by molar-refractivity contribution is -0.303. The molecule has 5 atom stereocenters. The highest BCUT2D eigenvalue weighted by atomic mass is 31.2. The maximum Gasteiger partial charge on any atom is 0.470 e. The van der Waals surface area contributed by atoms with Crippen molar-refractivity contribution in [3.8, 4) is 0 Å². The van der Waals surface area contributed by atoms with Gasteiger partial charge in [0, 0.05) is 12.8 Å². The quantitative estimate of drug-likeness (QED) is 0.00844. The Bertz CT molecular complexity index is 1130. The van der Waals surface area contributed by atoms with E-state index in [-0.39, 0.29) is 25.9 Å². The second-order valence-electron chi connectivity index (χ2n) is 15.9. The van der Waals surface area contributed by atoms with Crippen LogP contribution in [0.1, 0.15) is 206 Å². The van der Waals surface area contributed by atoms with E-state index in [4.69, 9.17) is 14.0 Å². The van der Waals surface area contributed by atoms with Gasteiger partial charge in [-0.05, 0) is 51.4 Å². The molecule has 0 aliphatic carbocycles. The fourth-order valence-corrected chi connectivity index (χ4v) is 7.47. The molecule has 0 bridgehead atoms. The standard InChI is InChI=1S/C44H83O14P/c1-4-6-8-10-12-14-16-18-19-21-23-25-27-29-31-35-39(46)57-44(51,42(49)40(47)41(48)43(50)55-3)37(58-59(52,53)54)33-32-36-56-38(45)34-30-28-26-24-22-20-17-15-13-11-9-7-5-2/h18-19,37,40-42,47-49,51H,4-17,20-36H2,1-3H3,(H2,52,53,54). The summed E-state index contributed by atoms with van der Waals surface area (Å²) in [5, 5.41) is 43.3. The summed E-state index contributed by atoms with van der Waals surface area (Å²) >= 11 is 0. The van der Waals surface area contributed by atoms with Crippen LogP contribution < -0.4 is 0 Å². The highest BCUT2D eigenvalue weighted by molar-refractivity contribution is 7.46. The summed E-state index contributed by atoms with van der Waals surface area (Å²) in [7, 11) is -4.56. The van der Waals surface area contributed by atoms with Crippen molar-refractivity contribution in [1.29, 1.82) is 0 Å². The van der Waals surface area contributed by atoms with Crippen molar-refractivity contribution >= 4 is 25.7 Å². The molecule has 14 nitrogen and oxygen atoms in total. The van der Waals surface area contributed by atoms with Gasteiger partial charge in [-0.15, -0.1) is 0 Å². The van der Waals surface area contributed by atoms with Crippen LogP contribution in [0.2, 0.25) is 0 Å². The number of methoxy groups -OCH3 is 1. The van der Waals surface area contributed by atoms with Crippen molar-refractivity contribution in [3.63, 3.8) is 0 Å². The molecule has 348 valence electrons. The summed E-state index contributed by atoms with van der Waals surface area (Å²) in [6.07, 6.45) is 22.1. The zero-order valence-electron chi connectivity index (χ0n) is 36.8. The maximum absolute atomic E-state index is 13.0. The summed E-state index contributed by atoms with van der Waals surface area (Å²) in [5.74, 6) is -6.35. The van der Waals surface area contributed by atoms with Gasteiger partial charge in [0.15, 0.2) is 12.2 Å². The normalized spacial score (nSPS) is 15.1. The molecule has 0 aromatic rings. The molecule has 59 heavy (non-hydrogen) atoms. The zero-order chi connectivity index (χ0) is 44.2. The molecule has 0 aliphatic rings. The molecule has 0 saturated heterocycles. The van der Waals surface area contributed by atoms with Gasteiger partial charge in [0.05, 0.1) is 13.7 Å². The zero-order valence-corrected chi connectivity index (χ0v) is 37.7. The molecule has 0 heterocycles. The first-order chi connectivity index (χ1) is 28.2. The highest BCUT2D eigenvalue weighted by Crippen LogP contribution is 2.43. The number of aliphatic hydroxyl groups excluding tert-OH is 3. The maximum atomic E-state index is 13.0. The Kier molecular flexibility index (Phi) is 35.5. The van der Waals surface area contributed by atoms with E-state index in [2.05, 4.69) is 30.7 Å². The SMILES string of the molecule is CCCCCCCCC=CCCCCCCCC(=O)OC(O)(C(CCCOC(=O)CCCCCCCCCCCCCCC)OP(=O)(O)O)C(O)C(O)C(O)C(=O)OC. The Morgan fingerprint density at radius 3 is 1.44 bits per heavy atom. The number of hydrogen-bond donors (Lipinski definition) is 6. The van der Waals surface area contributed by atoms with Gasteiger partial charge in [0.25, 0.3) is 5.79 Å². The van der Waals surface area contributed by atoms with Crippen molar-refractivity contribution in [2.45, 2.75) is 237 Å². The van der Waals surface area contributed by atoms with E-state index < -0.39 is 62.4 Å². The van der Waals surface area contributed by atoms with Crippen molar-refractivity contribution in [3.05, 3.63) is 12.2 Å². The fraction of sp³-hybridized carbons (Fsp3) is 0.886. The first kappa shape index (κ1) is 57.1. The Hall–Kier alpha value is -1.90. The first-order valence-electron chi connectivity index (χ1n) is 22.8. The molecule has 6 N–H and O–H groups in total. The Morgan fingerprint density at radius 2 is 1.02 bits per heavy atom. The van der Waals surface area contributed by atoms with E-state index in [1.807, 2.05) is 0 Å². The predicted molar refractivity (Wildman–Crippen MR) is 228 cm³/mol. The molecule has 5 unspecified atom stereocenters. The van der Waals surface area contributed by atoms with Crippen molar-refractivity contribution < 1.29 is 67.9 Å². The third kappa shape index (κ3) is 30.7. The van der Waals surface area contributed by atoms with Crippen molar-refractivity contribution in [1.82, 2.24) is 0 Å². The lowest BCUT2D eigenvalue weighted by atomic mass is 9.92. The molecule has 0 spiro atoms. The smallest absolute Gasteiger partial charge is 0.467 e. The summed E-state index contributed by atoms with van der Waals surface area (Å²) in [6, 6.07) is 0. The molecule has 0 fully saturated rings. The number of carbonyl (C=O) groups excluding carboxylic acids is 3. The summed E-state index contributed by atoms with van der Waals surface area (Å²) < 4.78 is 31.6. The number of hydrogen-bond acceptors (Lipinski definition) is 12. The number of esters is 3. The van der Waals surface area contributed by atoms with E-state index in [1.54, 1.807) is 0 Å². The molecular formula is C44H83O14P. The molecule has 0 rings (SSSR count). The number of allylic oxidation sites excluding steroid dienone is 2. The third-order valence-electron chi connectivity index (χ3n) is 10.5. The second kappa shape index (κ2) is 36.7. The van der Waals surface area contributed by atoms with E-state index >= 15 is 0 Å². The average molecular weight is 867 g/mol. The van der Waals surface area contributed by atoms with Gasteiger partial charge in [-0.25, -0.2) is 9.36 Å². The van der Waals surface area contributed by atoms with Crippen LogP contribution in [0.5, 0.6) is 0 Å². The third-order valence-corrected chi connectivity index (χ3v) is 11.0. The van der Waals surface area contributed by atoms with Gasteiger partial charge in [-0.2, -0.15) is 0 Å². The van der Waals surface area contributed by atoms with Gasteiger partial charge >= 0.3 is 25.7 Å². The topological polar surface area (TPSA) is 227 Å². The van der Waals surface area contributed by atoms with E-state index in [9.17, 15) is 49.2 Å². The number of carbonyl (C=O) groups is 3. The number of rotatable bonds is 41. The molecule has 0 aromatic carbocycles. The monoisotopic (exact) mass is 867 g/mol. The number of unbranched alkanes of at least 4 members (excludes halogenated alkanes) is 23. The minimum Gasteiger partial charge on any atom is -0.467 e. The largest absolute Gasteiger partial charge is 0.470 e. The number of phosphoric ester groups is 1. The average Bonchev–Trinajstić information content (AvgIpc) is 3.20. The van der Waals surface area contributed by atoms with Crippen LogP contribution in [-0.2, 0) is 37.7 Å². The lowest BCUT2D eigenvalue weighted by Gasteiger charge is -2.40. The summed E-state index contributed by atoms with van der Waals surface area (Å²) in [6.45, 7) is 4.16. The number of ether oxygens (including phenoxy) is 3. The van der Waals surface area contributed by atoms with Crippen LogP contribution in [0.15, 0.2) is 12.2 Å². The minimum absolute atomic E-state index is 0.175. The minimum atomic E-state index is -5.45. The Labute approximate surface area is 355 Å². The summed E-state index contributed by atoms with van der Waals surface area (Å²) in [4.78, 5) is 56.6. The van der Waals surface area contributed by atoms with Crippen LogP contribution in [0.4, 0.5) is 0 Å². The predicted octanol–water partition coefficient (Wildman–Crippen LogP) is 8.79. The Balaban J connectivity index is 5.03. The van der Waals surface area contributed by atoms with E-state index in [1.165, 1.54) is 96.3 Å². The number of aliphatic hydroxyl groups is 4. The molecule has 0 amide bonds. The van der Waals surface area contributed by atoms with Gasteiger partial charge in [-0.1, -0.05) is 154 Å². The van der Waals surface area contributed by atoms with Crippen LogP contribution in [-0.4, -0.2) is 92.0 Å². The molecular weight excluding hydrogens is 783 g/mol. The van der Waals surface area contributed by atoms with Crippen LogP contribution >= 0.6 is 7.82 Å². The lowest BCUT2D eigenvalue weighted by Crippen LogP contribution is -2.62. The molecule has 0 saturated carbocycles. The highest BCUT2D eigenvalue weighted by Gasteiger charge is 2.55. The second-order valence-corrected chi connectivity index (χ2v) is 17.1. The van der Waals surface area contributed by atoms with E-state index in [0.717, 1.165) is 58.5 Å². The van der Waals surface area contributed by atoms with Crippen molar-refractivity contribution in [2.24, 2.45) is 0 Å². The van der Waals surface area contributed by atoms with Gasteiger partial charge in [-0.3, -0.25) is 14.1 Å². The number of phosphoric acid groups is 1. The van der Waals surface area contributed by atoms with Gasteiger partial charge < -0.3 is 44.4 Å². The fourth-order valence-electron chi connectivity index (χ4n) is 6.88. The van der Waals surface area contributed by atoms with Gasteiger partial charge in [0.1, 0.15) is 12.2 Å².